The van der Waals surface area contributed by atoms with Crippen molar-refractivity contribution in [2.24, 2.45) is 0 Å². The molecule has 1 aromatic heterocycles. The van der Waals surface area contributed by atoms with Gasteiger partial charge in [-0.3, -0.25) is 9.10 Å². The summed E-state index contributed by atoms with van der Waals surface area (Å²) in [7, 11) is -2.37. The van der Waals surface area contributed by atoms with Crippen molar-refractivity contribution >= 4 is 39.1 Å². The maximum absolute atomic E-state index is 12.8. The van der Waals surface area contributed by atoms with Crippen LogP contribution in [0, 0.1) is 0 Å². The highest BCUT2D eigenvalue weighted by atomic mass is 32.2. The SMILES string of the molecule is CN1c2ccccc2-c2nc(SCC(=O)Nc3cccc(C(F)(F)F)c3)ncc2S1(=O)=O. The van der Waals surface area contributed by atoms with Crippen LogP contribution in [0.25, 0.3) is 11.3 Å². The van der Waals surface area contributed by atoms with Crippen LogP contribution in [0.15, 0.2) is 64.8 Å². The average molecular weight is 480 g/mol. The molecule has 32 heavy (non-hydrogen) atoms. The summed E-state index contributed by atoms with van der Waals surface area (Å²) in [4.78, 5) is 20.5. The molecule has 0 radical (unpaired) electrons. The van der Waals surface area contributed by atoms with Crippen LogP contribution in [0.5, 0.6) is 0 Å². The number of sulfonamides is 1. The highest BCUT2D eigenvalue weighted by molar-refractivity contribution is 7.99. The van der Waals surface area contributed by atoms with Crippen LogP contribution in [0.3, 0.4) is 0 Å². The molecule has 0 saturated carbocycles. The summed E-state index contributed by atoms with van der Waals surface area (Å²) in [6, 6.07) is 11.2. The predicted octanol–water partition coefficient (Wildman–Crippen LogP) is 4.03. The topological polar surface area (TPSA) is 92.3 Å². The zero-order valence-corrected chi connectivity index (χ0v) is 18.1. The summed E-state index contributed by atoms with van der Waals surface area (Å²) >= 11 is 0.941. The van der Waals surface area contributed by atoms with E-state index in [2.05, 4.69) is 15.3 Å². The lowest BCUT2D eigenvalue weighted by Crippen LogP contribution is -2.31. The van der Waals surface area contributed by atoms with Crippen molar-refractivity contribution < 1.29 is 26.4 Å². The Hall–Kier alpha value is -3.12. The fraction of sp³-hybridized carbons (Fsp3) is 0.150. The molecule has 0 atom stereocenters. The first-order chi connectivity index (χ1) is 15.1. The molecule has 0 fully saturated rings. The minimum absolute atomic E-state index is 0.0137. The molecule has 166 valence electrons. The largest absolute Gasteiger partial charge is 0.416 e. The van der Waals surface area contributed by atoms with Gasteiger partial charge >= 0.3 is 6.18 Å². The van der Waals surface area contributed by atoms with Crippen LogP contribution in [-0.2, 0) is 21.0 Å². The fourth-order valence-electron chi connectivity index (χ4n) is 3.13. The predicted molar refractivity (Wildman–Crippen MR) is 114 cm³/mol. The zero-order valence-electron chi connectivity index (χ0n) is 16.4. The fourth-order valence-corrected chi connectivity index (χ4v) is 5.05. The Morgan fingerprint density at radius 3 is 2.66 bits per heavy atom. The number of anilines is 2. The van der Waals surface area contributed by atoms with E-state index in [4.69, 9.17) is 0 Å². The number of rotatable bonds is 4. The van der Waals surface area contributed by atoms with Crippen molar-refractivity contribution in [3.63, 3.8) is 0 Å². The monoisotopic (exact) mass is 480 g/mol. The quantitative estimate of drug-likeness (QED) is 0.448. The highest BCUT2D eigenvalue weighted by Crippen LogP contribution is 2.41. The molecular weight excluding hydrogens is 465 g/mol. The van der Waals surface area contributed by atoms with Crippen LogP contribution in [0.1, 0.15) is 5.56 Å². The van der Waals surface area contributed by atoms with Crippen molar-refractivity contribution in [1.29, 1.82) is 0 Å². The Labute approximate surface area is 185 Å². The number of alkyl halides is 3. The Morgan fingerprint density at radius 1 is 1.16 bits per heavy atom. The second-order valence-corrected chi connectivity index (χ2v) is 9.65. The van der Waals surface area contributed by atoms with E-state index in [0.29, 0.717) is 11.3 Å². The second kappa shape index (κ2) is 8.10. The number of hydrogen-bond acceptors (Lipinski definition) is 6. The molecule has 0 aliphatic carbocycles. The molecule has 12 heteroatoms. The van der Waals surface area contributed by atoms with Crippen molar-refractivity contribution in [1.82, 2.24) is 9.97 Å². The normalized spacial score (nSPS) is 14.4. The number of aromatic nitrogens is 2. The van der Waals surface area contributed by atoms with Gasteiger partial charge in [0.2, 0.25) is 5.91 Å². The molecule has 1 aliphatic heterocycles. The number of para-hydroxylation sites is 1. The van der Waals surface area contributed by atoms with Gasteiger partial charge in [0.25, 0.3) is 10.0 Å². The van der Waals surface area contributed by atoms with Crippen molar-refractivity contribution in [2.45, 2.75) is 16.2 Å². The second-order valence-electron chi connectivity index (χ2n) is 6.77. The van der Waals surface area contributed by atoms with Crippen molar-refractivity contribution in [3.05, 3.63) is 60.3 Å². The van der Waals surface area contributed by atoms with Crippen molar-refractivity contribution in [3.8, 4) is 11.3 Å². The van der Waals surface area contributed by atoms with E-state index in [1.54, 1.807) is 24.3 Å². The lowest BCUT2D eigenvalue weighted by molar-refractivity contribution is -0.137. The molecular formula is C20H15F3N4O3S2. The van der Waals surface area contributed by atoms with E-state index in [1.807, 2.05) is 0 Å². The van der Waals surface area contributed by atoms with Gasteiger partial charge in [0.1, 0.15) is 4.90 Å². The Morgan fingerprint density at radius 2 is 1.91 bits per heavy atom. The van der Waals surface area contributed by atoms with Crippen LogP contribution in [0.2, 0.25) is 0 Å². The van der Waals surface area contributed by atoms with E-state index >= 15 is 0 Å². The molecule has 2 heterocycles. The summed E-state index contributed by atoms with van der Waals surface area (Å²) in [5.41, 5.74) is 0.453. The van der Waals surface area contributed by atoms with Gasteiger partial charge in [0.15, 0.2) is 5.16 Å². The van der Waals surface area contributed by atoms with Gasteiger partial charge < -0.3 is 5.32 Å². The molecule has 0 saturated heterocycles. The van der Waals surface area contributed by atoms with Gasteiger partial charge in [-0.25, -0.2) is 18.4 Å². The molecule has 2 aromatic carbocycles. The summed E-state index contributed by atoms with van der Waals surface area (Å²) in [6.07, 6.45) is -3.33. The number of halogens is 3. The molecule has 0 unspecified atom stereocenters. The number of benzene rings is 2. The van der Waals surface area contributed by atoms with Crippen molar-refractivity contribution in [2.75, 3.05) is 22.4 Å². The molecule has 1 amide bonds. The number of fused-ring (bicyclic) bond motifs is 3. The standard InChI is InChI=1S/C20H15F3N4O3S2/c1-27-15-8-3-2-7-14(15)18-16(32(27,29)30)10-24-19(26-18)31-11-17(28)25-13-6-4-5-12(9-13)20(21,22)23/h2-10H,11H2,1H3,(H,25,28). The van der Waals surface area contributed by atoms with E-state index in [1.165, 1.54) is 25.4 Å². The van der Waals surface area contributed by atoms with Gasteiger partial charge in [0, 0.05) is 18.3 Å². The van der Waals surface area contributed by atoms with E-state index < -0.39 is 27.7 Å². The molecule has 3 aromatic rings. The molecule has 1 N–H and O–H groups in total. The van der Waals surface area contributed by atoms with E-state index in [9.17, 15) is 26.4 Å². The Bertz CT molecular complexity index is 1310. The van der Waals surface area contributed by atoms with Crippen LogP contribution in [0.4, 0.5) is 24.5 Å². The smallest absolute Gasteiger partial charge is 0.325 e. The summed E-state index contributed by atoms with van der Waals surface area (Å²) in [5.74, 6) is -0.730. The van der Waals surface area contributed by atoms with Gasteiger partial charge in [-0.05, 0) is 24.3 Å². The first-order valence-corrected chi connectivity index (χ1v) is 11.6. The van der Waals surface area contributed by atoms with E-state index in [0.717, 1.165) is 28.2 Å². The summed E-state index contributed by atoms with van der Waals surface area (Å²) in [6.45, 7) is 0. The average Bonchev–Trinajstić information content (AvgIpc) is 2.76. The molecule has 7 nitrogen and oxygen atoms in total. The molecule has 4 rings (SSSR count). The lowest BCUT2D eigenvalue weighted by Gasteiger charge is -2.28. The van der Waals surface area contributed by atoms with Crippen LogP contribution < -0.4 is 9.62 Å². The van der Waals surface area contributed by atoms with Gasteiger partial charge in [-0.2, -0.15) is 13.2 Å². The number of amides is 1. The van der Waals surface area contributed by atoms with E-state index in [-0.39, 0.29) is 27.2 Å². The number of nitrogens with one attached hydrogen (secondary N) is 1. The van der Waals surface area contributed by atoms with Crippen LogP contribution >= 0.6 is 11.8 Å². The Balaban J connectivity index is 1.52. The summed E-state index contributed by atoms with van der Waals surface area (Å²) in [5, 5.41) is 2.57. The maximum Gasteiger partial charge on any atom is 0.416 e. The minimum Gasteiger partial charge on any atom is -0.325 e. The number of carbonyl (C=O) groups is 1. The minimum atomic E-state index is -4.52. The zero-order chi connectivity index (χ0) is 23.1. The Kier molecular flexibility index (Phi) is 5.59. The van der Waals surface area contributed by atoms with Crippen LogP contribution in [-0.4, -0.2) is 37.1 Å². The van der Waals surface area contributed by atoms with Gasteiger partial charge in [0.05, 0.1) is 28.9 Å². The first kappa shape index (κ1) is 22.1. The van der Waals surface area contributed by atoms with Gasteiger partial charge in [-0.15, -0.1) is 0 Å². The van der Waals surface area contributed by atoms with Gasteiger partial charge in [-0.1, -0.05) is 36.0 Å². The maximum atomic E-state index is 12.8. The third-order valence-electron chi connectivity index (χ3n) is 4.68. The number of nitrogens with zero attached hydrogens (tertiary/aromatic N) is 3. The first-order valence-electron chi connectivity index (χ1n) is 9.12. The molecule has 0 bridgehead atoms. The summed E-state index contributed by atoms with van der Waals surface area (Å²) < 4.78 is 65.1. The third kappa shape index (κ3) is 4.15. The molecule has 1 aliphatic rings. The third-order valence-corrected chi connectivity index (χ3v) is 7.31. The number of thioether (sulfide) groups is 1. The highest BCUT2D eigenvalue weighted by Gasteiger charge is 2.34. The molecule has 0 spiro atoms. The lowest BCUT2D eigenvalue weighted by atomic mass is 10.1. The number of hydrogen-bond donors (Lipinski definition) is 1. The number of carbonyl (C=O) groups excluding carboxylic acids is 1.